The molecule has 0 spiro atoms. The number of pyridine rings is 1. The van der Waals surface area contributed by atoms with Gasteiger partial charge in [-0.15, -0.1) is 0 Å². The van der Waals surface area contributed by atoms with E-state index in [9.17, 15) is 22.0 Å². The predicted molar refractivity (Wildman–Crippen MR) is 123 cm³/mol. The minimum absolute atomic E-state index is 0.0151. The lowest BCUT2D eigenvalue weighted by Crippen LogP contribution is -2.35. The van der Waals surface area contributed by atoms with Crippen molar-refractivity contribution in [3.05, 3.63) is 88.0 Å². The number of nitrogens with one attached hydrogen (secondary N) is 1. The second-order valence-electron chi connectivity index (χ2n) is 8.07. The molecule has 0 saturated carbocycles. The minimum Gasteiger partial charge on any atom is -0.408 e. The number of oxazole rings is 1. The van der Waals surface area contributed by atoms with E-state index in [0.29, 0.717) is 12.1 Å². The molecule has 0 bridgehead atoms. The summed E-state index contributed by atoms with van der Waals surface area (Å²) in [6.45, 7) is 2.22. The molecule has 178 valence electrons. The van der Waals surface area contributed by atoms with Crippen LogP contribution in [0.1, 0.15) is 24.1 Å². The quantitative estimate of drug-likeness (QED) is 0.397. The van der Waals surface area contributed by atoms with E-state index in [0.717, 1.165) is 28.1 Å². The largest absolute Gasteiger partial charge is 0.417 e. The van der Waals surface area contributed by atoms with Gasteiger partial charge in [-0.05, 0) is 44.3 Å². The number of aromatic amines is 1. The van der Waals surface area contributed by atoms with Gasteiger partial charge in [-0.2, -0.15) is 4.39 Å². The highest BCUT2D eigenvalue weighted by Gasteiger charge is 2.34. The molecule has 11 heteroatoms. The van der Waals surface area contributed by atoms with E-state index in [1.807, 2.05) is 31.1 Å². The van der Waals surface area contributed by atoms with Crippen LogP contribution in [0.3, 0.4) is 0 Å². The molecular formula is C23H22F2N4O4S. The maximum atomic E-state index is 15.0. The normalized spacial score (nSPS) is 12.9. The van der Waals surface area contributed by atoms with Gasteiger partial charge in [0.25, 0.3) is 10.0 Å². The summed E-state index contributed by atoms with van der Waals surface area (Å²) in [5.74, 6) is -3.06. The van der Waals surface area contributed by atoms with Crippen molar-refractivity contribution in [3.63, 3.8) is 0 Å². The fourth-order valence-electron chi connectivity index (χ4n) is 3.76. The first-order valence-electron chi connectivity index (χ1n) is 10.3. The van der Waals surface area contributed by atoms with Crippen molar-refractivity contribution in [2.24, 2.45) is 0 Å². The Bertz CT molecular complexity index is 1510. The Hall–Kier alpha value is -3.57. The predicted octanol–water partition coefficient (Wildman–Crippen LogP) is 3.81. The molecule has 0 radical (unpaired) electrons. The molecule has 2 aromatic carbocycles. The molecule has 4 aromatic rings. The number of nitrogens with zero attached hydrogens (tertiary/aromatic N) is 3. The summed E-state index contributed by atoms with van der Waals surface area (Å²) in [6, 6.07) is 11.9. The highest BCUT2D eigenvalue weighted by Crippen LogP contribution is 2.34. The highest BCUT2D eigenvalue weighted by atomic mass is 32.2. The Morgan fingerprint density at radius 2 is 1.82 bits per heavy atom. The summed E-state index contributed by atoms with van der Waals surface area (Å²) in [5.41, 5.74) is 1.42. The van der Waals surface area contributed by atoms with Gasteiger partial charge in [0, 0.05) is 18.7 Å². The maximum absolute atomic E-state index is 15.0. The number of benzene rings is 2. The van der Waals surface area contributed by atoms with Gasteiger partial charge < -0.3 is 9.32 Å². The van der Waals surface area contributed by atoms with Crippen LogP contribution in [-0.2, 0) is 16.6 Å². The molecular weight excluding hydrogens is 466 g/mol. The van der Waals surface area contributed by atoms with Gasteiger partial charge in [-0.1, -0.05) is 30.3 Å². The lowest BCUT2D eigenvalue weighted by Gasteiger charge is -2.30. The monoisotopic (exact) mass is 488 g/mol. The average molecular weight is 489 g/mol. The molecule has 4 rings (SSSR count). The molecule has 0 amide bonds. The molecule has 0 aliphatic rings. The van der Waals surface area contributed by atoms with Crippen LogP contribution >= 0.6 is 0 Å². The van der Waals surface area contributed by atoms with Crippen LogP contribution in [0.25, 0.3) is 11.1 Å². The summed E-state index contributed by atoms with van der Waals surface area (Å²) in [4.78, 5) is 18.8. The zero-order chi connectivity index (χ0) is 24.6. The van der Waals surface area contributed by atoms with Crippen molar-refractivity contribution in [1.82, 2.24) is 14.9 Å². The summed E-state index contributed by atoms with van der Waals surface area (Å²) in [7, 11) is -0.815. The number of aromatic nitrogens is 2. The molecule has 1 N–H and O–H groups in total. The van der Waals surface area contributed by atoms with Crippen LogP contribution in [0, 0.1) is 11.8 Å². The van der Waals surface area contributed by atoms with Crippen LogP contribution in [-0.4, -0.2) is 37.4 Å². The number of hydrogen-bond acceptors (Lipinski definition) is 6. The average Bonchev–Trinajstić information content (AvgIpc) is 3.11. The number of rotatable bonds is 7. The molecule has 0 aliphatic heterocycles. The van der Waals surface area contributed by atoms with Gasteiger partial charge in [0.15, 0.2) is 5.58 Å². The fraction of sp³-hybridized carbons (Fsp3) is 0.217. The summed E-state index contributed by atoms with van der Waals surface area (Å²) < 4.78 is 62.3. The van der Waals surface area contributed by atoms with E-state index in [1.165, 1.54) is 12.1 Å². The Kier molecular flexibility index (Phi) is 6.24. The first-order valence-corrected chi connectivity index (χ1v) is 11.7. The van der Waals surface area contributed by atoms with Crippen molar-refractivity contribution in [2.75, 3.05) is 18.4 Å². The first kappa shape index (κ1) is 23.6. The summed E-state index contributed by atoms with van der Waals surface area (Å²) in [5, 5.41) is 0. The Labute approximate surface area is 194 Å². The maximum Gasteiger partial charge on any atom is 0.417 e. The molecule has 0 fully saturated rings. The summed E-state index contributed by atoms with van der Waals surface area (Å²) in [6.07, 6.45) is 0. The number of sulfonamides is 1. The Balaban J connectivity index is 1.89. The number of fused-ring (bicyclic) bond motifs is 1. The van der Waals surface area contributed by atoms with Crippen molar-refractivity contribution in [3.8, 4) is 0 Å². The van der Waals surface area contributed by atoms with Crippen LogP contribution in [0.5, 0.6) is 0 Å². The SMILES string of the molecule is C[C@H](c1cccc(CN(C)C)c1)N(c1cccc(F)n1)S(=O)(=O)c1cc2oc(=O)[nH]c2cc1F. The van der Waals surface area contributed by atoms with Gasteiger partial charge in [0.1, 0.15) is 16.5 Å². The first-order chi connectivity index (χ1) is 16.1. The second kappa shape index (κ2) is 8.99. The van der Waals surface area contributed by atoms with Crippen molar-refractivity contribution in [1.29, 1.82) is 0 Å². The van der Waals surface area contributed by atoms with Crippen molar-refractivity contribution < 1.29 is 21.6 Å². The smallest absolute Gasteiger partial charge is 0.408 e. The second-order valence-corrected chi connectivity index (χ2v) is 9.85. The van der Waals surface area contributed by atoms with Gasteiger partial charge >= 0.3 is 5.76 Å². The zero-order valence-electron chi connectivity index (χ0n) is 18.6. The van der Waals surface area contributed by atoms with Gasteiger partial charge in [-0.3, -0.25) is 4.98 Å². The third-order valence-corrected chi connectivity index (χ3v) is 7.11. The topological polar surface area (TPSA) is 99.5 Å². The van der Waals surface area contributed by atoms with Gasteiger partial charge in [-0.25, -0.2) is 26.9 Å². The third-order valence-electron chi connectivity index (χ3n) is 5.22. The lowest BCUT2D eigenvalue weighted by molar-refractivity contribution is 0.402. The van der Waals surface area contributed by atoms with Gasteiger partial charge in [0.05, 0.1) is 11.6 Å². The van der Waals surface area contributed by atoms with E-state index in [-0.39, 0.29) is 16.9 Å². The molecule has 0 aliphatic carbocycles. The fourth-order valence-corrected chi connectivity index (χ4v) is 5.42. The molecule has 2 aromatic heterocycles. The molecule has 0 saturated heterocycles. The van der Waals surface area contributed by atoms with Crippen LogP contribution in [0.2, 0.25) is 0 Å². The highest BCUT2D eigenvalue weighted by molar-refractivity contribution is 7.92. The van der Waals surface area contributed by atoms with Gasteiger partial charge in [0.2, 0.25) is 5.95 Å². The van der Waals surface area contributed by atoms with Crippen LogP contribution < -0.4 is 10.1 Å². The van der Waals surface area contributed by atoms with E-state index in [1.54, 1.807) is 19.1 Å². The molecule has 0 unspecified atom stereocenters. The van der Waals surface area contributed by atoms with E-state index < -0.39 is 38.5 Å². The van der Waals surface area contributed by atoms with Crippen molar-refractivity contribution >= 4 is 26.9 Å². The number of hydrogen-bond donors (Lipinski definition) is 1. The number of halogens is 2. The third kappa shape index (κ3) is 4.57. The summed E-state index contributed by atoms with van der Waals surface area (Å²) >= 11 is 0. The standard InChI is InChI=1S/C23H22F2N4O4S/c1-14(16-7-4-6-15(10-16)13-28(2)3)29(22-9-5-8-21(25)27-22)34(31,32)20-12-19-18(11-17(20)24)26-23(30)33-19/h4-12,14H,13H2,1-3H3,(H,26,30)/t14-/m1/s1. The Morgan fingerprint density at radius 3 is 2.53 bits per heavy atom. The van der Waals surface area contributed by atoms with Crippen LogP contribution in [0.4, 0.5) is 14.6 Å². The van der Waals surface area contributed by atoms with Crippen molar-refractivity contribution in [2.45, 2.75) is 24.4 Å². The molecule has 34 heavy (non-hydrogen) atoms. The molecule has 2 heterocycles. The Morgan fingerprint density at radius 1 is 1.09 bits per heavy atom. The van der Waals surface area contributed by atoms with Crippen LogP contribution in [0.15, 0.2) is 68.7 Å². The zero-order valence-corrected chi connectivity index (χ0v) is 19.4. The minimum atomic E-state index is -4.62. The van der Waals surface area contributed by atoms with E-state index >= 15 is 0 Å². The van der Waals surface area contributed by atoms with E-state index in [4.69, 9.17) is 4.42 Å². The number of anilines is 1. The number of H-pyrrole nitrogens is 1. The lowest BCUT2D eigenvalue weighted by atomic mass is 10.0. The molecule has 8 nitrogen and oxygen atoms in total. The molecule has 1 atom stereocenters. The van der Waals surface area contributed by atoms with E-state index in [2.05, 4.69) is 9.97 Å².